The number of aliphatic carboxylic acids is 1. The number of aromatic nitrogens is 1. The van der Waals surface area contributed by atoms with Crippen LogP contribution in [-0.4, -0.2) is 30.7 Å². The van der Waals surface area contributed by atoms with Crippen molar-refractivity contribution in [3.05, 3.63) is 65.9 Å². The number of fused-ring (bicyclic) bond motifs is 1. The molecule has 1 atom stereocenters. The minimum Gasteiger partial charge on any atom is -0.481 e. The van der Waals surface area contributed by atoms with E-state index in [2.05, 4.69) is 9.88 Å². The number of hydrogen-bond donors (Lipinski definition) is 2. The van der Waals surface area contributed by atoms with Crippen molar-refractivity contribution >= 4 is 27.0 Å². The van der Waals surface area contributed by atoms with Gasteiger partial charge in [-0.05, 0) is 30.5 Å². The molecular weight excluding hydrogens is 368 g/mol. The van der Waals surface area contributed by atoms with Crippen LogP contribution in [0.25, 0.3) is 11.0 Å². The summed E-state index contributed by atoms with van der Waals surface area (Å²) in [7, 11) is -3.73. The summed E-state index contributed by atoms with van der Waals surface area (Å²) in [6.07, 6.45) is 0.489. The van der Waals surface area contributed by atoms with Crippen molar-refractivity contribution in [1.29, 1.82) is 0 Å². The van der Waals surface area contributed by atoms with Crippen LogP contribution < -0.4 is 4.72 Å². The SMILES string of the molecule is O=C(O)CCC(Cc1ccccc1)NS(=O)(=O)Cc1noc2ccccc12. The van der Waals surface area contributed by atoms with Gasteiger partial charge < -0.3 is 9.63 Å². The average Bonchev–Trinajstić information content (AvgIpc) is 3.03. The molecule has 0 saturated carbocycles. The van der Waals surface area contributed by atoms with Gasteiger partial charge in [0.05, 0.1) is 0 Å². The Kier molecular flexibility index (Phi) is 5.88. The number of rotatable bonds is 9. The van der Waals surface area contributed by atoms with Gasteiger partial charge in [-0.1, -0.05) is 47.6 Å². The Morgan fingerprint density at radius 3 is 2.56 bits per heavy atom. The predicted octanol–water partition coefficient (Wildman–Crippen LogP) is 2.72. The number of carboxylic acid groups (broad SMARTS) is 1. The number of carbonyl (C=O) groups is 1. The Morgan fingerprint density at radius 1 is 1.11 bits per heavy atom. The van der Waals surface area contributed by atoms with Crippen LogP contribution in [0.3, 0.4) is 0 Å². The van der Waals surface area contributed by atoms with Crippen LogP contribution in [-0.2, 0) is 27.0 Å². The lowest BCUT2D eigenvalue weighted by atomic mass is 10.0. The lowest BCUT2D eigenvalue weighted by Crippen LogP contribution is -2.37. The number of para-hydroxylation sites is 1. The molecule has 3 aromatic rings. The molecule has 0 amide bonds. The molecule has 1 heterocycles. The summed E-state index contributed by atoms with van der Waals surface area (Å²) < 4.78 is 33.1. The number of sulfonamides is 1. The summed E-state index contributed by atoms with van der Waals surface area (Å²) in [6.45, 7) is 0. The minimum atomic E-state index is -3.73. The van der Waals surface area contributed by atoms with Crippen molar-refractivity contribution in [3.63, 3.8) is 0 Å². The first-order valence-corrected chi connectivity index (χ1v) is 10.2. The predicted molar refractivity (Wildman–Crippen MR) is 101 cm³/mol. The topological polar surface area (TPSA) is 110 Å². The lowest BCUT2D eigenvalue weighted by Gasteiger charge is -2.18. The van der Waals surface area contributed by atoms with Crippen LogP contribution >= 0.6 is 0 Å². The zero-order valence-electron chi connectivity index (χ0n) is 14.5. The van der Waals surface area contributed by atoms with E-state index >= 15 is 0 Å². The van der Waals surface area contributed by atoms with E-state index in [0.717, 1.165) is 5.56 Å². The maximum Gasteiger partial charge on any atom is 0.303 e. The van der Waals surface area contributed by atoms with Gasteiger partial charge in [-0.2, -0.15) is 0 Å². The second kappa shape index (κ2) is 8.32. The highest BCUT2D eigenvalue weighted by molar-refractivity contribution is 7.88. The van der Waals surface area contributed by atoms with Crippen LogP contribution in [0.4, 0.5) is 0 Å². The van der Waals surface area contributed by atoms with Gasteiger partial charge in [-0.25, -0.2) is 13.1 Å². The molecule has 0 bridgehead atoms. The summed E-state index contributed by atoms with van der Waals surface area (Å²) in [5.74, 6) is -1.29. The van der Waals surface area contributed by atoms with Crippen molar-refractivity contribution < 1.29 is 22.8 Å². The fourth-order valence-electron chi connectivity index (χ4n) is 2.92. The largest absolute Gasteiger partial charge is 0.481 e. The van der Waals surface area contributed by atoms with Crippen LogP contribution in [0, 0.1) is 0 Å². The highest BCUT2D eigenvalue weighted by atomic mass is 32.2. The second-order valence-corrected chi connectivity index (χ2v) is 8.08. The lowest BCUT2D eigenvalue weighted by molar-refractivity contribution is -0.137. The quantitative estimate of drug-likeness (QED) is 0.583. The third-order valence-corrected chi connectivity index (χ3v) is 5.50. The fraction of sp³-hybridized carbons (Fsp3) is 0.263. The van der Waals surface area contributed by atoms with E-state index in [-0.39, 0.29) is 18.6 Å². The van der Waals surface area contributed by atoms with Gasteiger partial charge in [0.15, 0.2) is 5.58 Å². The van der Waals surface area contributed by atoms with E-state index in [1.807, 2.05) is 30.3 Å². The molecule has 1 aromatic heterocycles. The van der Waals surface area contributed by atoms with Gasteiger partial charge in [0.25, 0.3) is 0 Å². The molecule has 0 aliphatic heterocycles. The van der Waals surface area contributed by atoms with Gasteiger partial charge in [0.2, 0.25) is 10.0 Å². The molecule has 0 spiro atoms. The van der Waals surface area contributed by atoms with Crippen LogP contribution in [0.5, 0.6) is 0 Å². The Balaban J connectivity index is 1.75. The van der Waals surface area contributed by atoms with Gasteiger partial charge in [-0.3, -0.25) is 4.79 Å². The van der Waals surface area contributed by atoms with Crippen molar-refractivity contribution in [2.24, 2.45) is 0 Å². The molecule has 0 fully saturated rings. The first-order chi connectivity index (χ1) is 12.9. The Hall–Kier alpha value is -2.71. The van der Waals surface area contributed by atoms with E-state index in [9.17, 15) is 13.2 Å². The van der Waals surface area contributed by atoms with E-state index in [1.165, 1.54) is 0 Å². The minimum absolute atomic E-state index is 0.118. The number of benzene rings is 2. The van der Waals surface area contributed by atoms with E-state index in [0.29, 0.717) is 23.1 Å². The Labute approximate surface area is 157 Å². The van der Waals surface area contributed by atoms with E-state index in [4.69, 9.17) is 9.63 Å². The molecule has 3 rings (SSSR count). The molecule has 27 heavy (non-hydrogen) atoms. The standard InChI is InChI=1S/C19H20N2O5S/c22-19(23)11-10-15(12-14-6-2-1-3-7-14)21-27(24,25)13-17-16-8-4-5-9-18(16)26-20-17/h1-9,15,21H,10-13H2,(H,22,23). The second-order valence-electron chi connectivity index (χ2n) is 6.32. The average molecular weight is 388 g/mol. The van der Waals surface area contributed by atoms with Crippen molar-refractivity contribution in [2.75, 3.05) is 0 Å². The van der Waals surface area contributed by atoms with E-state index in [1.54, 1.807) is 24.3 Å². The van der Waals surface area contributed by atoms with Crippen molar-refractivity contribution in [2.45, 2.75) is 31.1 Å². The zero-order valence-corrected chi connectivity index (χ0v) is 15.4. The van der Waals surface area contributed by atoms with Gasteiger partial charge in [0.1, 0.15) is 11.4 Å². The van der Waals surface area contributed by atoms with Gasteiger partial charge >= 0.3 is 5.97 Å². The molecule has 0 saturated heterocycles. The third-order valence-electron chi connectivity index (χ3n) is 4.16. The normalized spacial score (nSPS) is 12.9. The molecule has 1 unspecified atom stereocenters. The van der Waals surface area contributed by atoms with Gasteiger partial charge in [-0.15, -0.1) is 0 Å². The summed E-state index contributed by atoms with van der Waals surface area (Å²) in [5.41, 5.74) is 1.78. The first kappa shape index (κ1) is 19.1. The molecule has 2 aromatic carbocycles. The molecule has 0 radical (unpaired) electrons. The first-order valence-electron chi connectivity index (χ1n) is 8.52. The number of nitrogens with one attached hydrogen (secondary N) is 1. The zero-order chi connectivity index (χ0) is 19.3. The number of carboxylic acids is 1. The van der Waals surface area contributed by atoms with Crippen molar-refractivity contribution in [3.8, 4) is 0 Å². The highest BCUT2D eigenvalue weighted by Gasteiger charge is 2.22. The number of hydrogen-bond acceptors (Lipinski definition) is 5. The summed E-state index contributed by atoms with van der Waals surface area (Å²) >= 11 is 0. The monoisotopic (exact) mass is 388 g/mol. The molecule has 7 nitrogen and oxygen atoms in total. The molecule has 8 heteroatoms. The smallest absolute Gasteiger partial charge is 0.303 e. The molecule has 2 N–H and O–H groups in total. The Morgan fingerprint density at radius 2 is 1.81 bits per heavy atom. The van der Waals surface area contributed by atoms with E-state index < -0.39 is 22.0 Å². The maximum atomic E-state index is 12.6. The van der Waals surface area contributed by atoms with Crippen LogP contribution in [0.2, 0.25) is 0 Å². The third kappa shape index (κ3) is 5.38. The summed E-state index contributed by atoms with van der Waals surface area (Å²) in [6, 6.07) is 15.9. The van der Waals surface area contributed by atoms with Crippen LogP contribution in [0.1, 0.15) is 24.1 Å². The molecule has 0 aliphatic carbocycles. The highest BCUT2D eigenvalue weighted by Crippen LogP contribution is 2.20. The summed E-state index contributed by atoms with van der Waals surface area (Å²) in [5, 5.41) is 13.5. The molecular formula is C19H20N2O5S. The van der Waals surface area contributed by atoms with Gasteiger partial charge in [0, 0.05) is 17.8 Å². The number of nitrogens with zero attached hydrogens (tertiary/aromatic N) is 1. The molecule has 0 aliphatic rings. The Bertz CT molecular complexity index is 1010. The summed E-state index contributed by atoms with van der Waals surface area (Å²) in [4.78, 5) is 10.9. The fourth-order valence-corrected chi connectivity index (χ4v) is 4.28. The van der Waals surface area contributed by atoms with Crippen LogP contribution in [0.15, 0.2) is 59.1 Å². The maximum absolute atomic E-state index is 12.6. The van der Waals surface area contributed by atoms with Crippen molar-refractivity contribution in [1.82, 2.24) is 9.88 Å². The molecule has 142 valence electrons.